The Bertz CT molecular complexity index is 681. The number of benzene rings is 1. The van der Waals surface area contributed by atoms with E-state index in [1.807, 2.05) is 24.9 Å². The Hall–Kier alpha value is -1.63. The molecule has 1 aliphatic carbocycles. The molecule has 1 saturated heterocycles. The van der Waals surface area contributed by atoms with E-state index >= 15 is 0 Å². The molecule has 192 valence electrons. The maximum absolute atomic E-state index is 13.3. The molecular formula is C28H47N3O3. The molecule has 1 aromatic rings. The van der Waals surface area contributed by atoms with Crippen LogP contribution in [0.5, 0.6) is 0 Å². The van der Waals surface area contributed by atoms with Gasteiger partial charge in [-0.05, 0) is 51.1 Å². The first kappa shape index (κ1) is 27.0. The summed E-state index contributed by atoms with van der Waals surface area (Å²) in [7, 11) is 1.98. The summed E-state index contributed by atoms with van der Waals surface area (Å²) in [5.41, 5.74) is 1.21. The van der Waals surface area contributed by atoms with E-state index in [9.17, 15) is 4.79 Å². The lowest BCUT2D eigenvalue weighted by Gasteiger charge is -2.38. The smallest absolute Gasteiger partial charge is 0.317 e. The lowest BCUT2D eigenvalue weighted by atomic mass is 9.85. The molecule has 6 heteroatoms. The number of ether oxygens (including phenoxy) is 2. The van der Waals surface area contributed by atoms with Crippen molar-refractivity contribution in [3.63, 3.8) is 0 Å². The topological polar surface area (TPSA) is 62.8 Å². The second kappa shape index (κ2) is 15.4. The second-order valence-corrected chi connectivity index (χ2v) is 10.0. The van der Waals surface area contributed by atoms with E-state index in [4.69, 9.17) is 9.47 Å². The van der Waals surface area contributed by atoms with E-state index in [1.54, 1.807) is 0 Å². The first-order valence-electron chi connectivity index (χ1n) is 13.7. The fourth-order valence-corrected chi connectivity index (χ4v) is 5.64. The van der Waals surface area contributed by atoms with Gasteiger partial charge >= 0.3 is 6.03 Å². The maximum Gasteiger partial charge on any atom is 0.317 e. The van der Waals surface area contributed by atoms with Gasteiger partial charge in [0.2, 0.25) is 0 Å². The van der Waals surface area contributed by atoms with Crippen molar-refractivity contribution in [2.24, 2.45) is 11.8 Å². The van der Waals surface area contributed by atoms with Crippen LogP contribution in [0.2, 0.25) is 0 Å². The van der Waals surface area contributed by atoms with Crippen LogP contribution >= 0.6 is 0 Å². The summed E-state index contributed by atoms with van der Waals surface area (Å²) in [6, 6.07) is 10.8. The highest BCUT2D eigenvalue weighted by Gasteiger charge is 2.32. The Kier molecular flexibility index (Phi) is 12.2. The molecule has 2 N–H and O–H groups in total. The first-order valence-corrected chi connectivity index (χ1v) is 13.7. The molecule has 3 rings (SSSR count). The third kappa shape index (κ3) is 8.86. The summed E-state index contributed by atoms with van der Waals surface area (Å²) in [6.07, 6.45) is 10.7. The SMILES string of the molecule is CCOCCCO[C@@H](c1ccccc1)[C@@H]1CCCN(C(=O)NC(CNC)CC2CCCCC2)C1. The third-order valence-electron chi connectivity index (χ3n) is 7.36. The van der Waals surface area contributed by atoms with Gasteiger partial charge in [0, 0.05) is 51.4 Å². The molecule has 1 saturated carbocycles. The minimum atomic E-state index is 0.00812. The summed E-state index contributed by atoms with van der Waals surface area (Å²) in [6.45, 7) is 6.56. The highest BCUT2D eigenvalue weighted by atomic mass is 16.5. The van der Waals surface area contributed by atoms with Gasteiger partial charge in [-0.1, -0.05) is 62.4 Å². The number of likely N-dealkylation sites (tertiary alicyclic amines) is 1. The number of amides is 2. The normalized spacial score (nSPS) is 21.2. The molecule has 0 aromatic heterocycles. The molecule has 2 amide bonds. The Morgan fingerprint density at radius 3 is 2.62 bits per heavy atom. The van der Waals surface area contributed by atoms with Gasteiger partial charge in [0.1, 0.15) is 0 Å². The molecular weight excluding hydrogens is 426 g/mol. The van der Waals surface area contributed by atoms with Crippen molar-refractivity contribution < 1.29 is 14.3 Å². The van der Waals surface area contributed by atoms with Crippen molar-refractivity contribution >= 4 is 6.03 Å². The molecule has 2 aliphatic rings. The van der Waals surface area contributed by atoms with Crippen molar-refractivity contribution in [2.45, 2.75) is 76.9 Å². The highest BCUT2D eigenvalue weighted by molar-refractivity contribution is 5.74. The minimum absolute atomic E-state index is 0.00812. The van der Waals surface area contributed by atoms with Crippen molar-refractivity contribution in [1.82, 2.24) is 15.5 Å². The molecule has 1 heterocycles. The highest BCUT2D eigenvalue weighted by Crippen LogP contribution is 2.33. The van der Waals surface area contributed by atoms with Crippen molar-refractivity contribution in [2.75, 3.05) is 46.5 Å². The Balaban J connectivity index is 1.58. The van der Waals surface area contributed by atoms with Crippen molar-refractivity contribution in [3.05, 3.63) is 35.9 Å². The molecule has 6 nitrogen and oxygen atoms in total. The number of nitrogens with one attached hydrogen (secondary N) is 2. The third-order valence-corrected chi connectivity index (χ3v) is 7.36. The number of likely N-dealkylation sites (N-methyl/N-ethyl adjacent to an activating group) is 1. The van der Waals surface area contributed by atoms with E-state index in [1.165, 1.54) is 37.7 Å². The standard InChI is InChI=1S/C28H47N3O3/c1-3-33-18-11-19-34-27(24-14-8-5-9-15-24)25-16-10-17-31(22-25)28(32)30-26(21-29-2)20-23-12-6-4-7-13-23/h5,8-9,14-15,23,25-27,29H,3-4,6-7,10-13,16-22H2,1-2H3,(H,30,32)/t25-,26?,27+/m1/s1. The summed E-state index contributed by atoms with van der Waals surface area (Å²) in [5, 5.41) is 6.66. The van der Waals surface area contributed by atoms with Crippen LogP contribution in [0.3, 0.4) is 0 Å². The largest absolute Gasteiger partial charge is 0.382 e. The number of piperidine rings is 1. The number of nitrogens with zero attached hydrogens (tertiary/aromatic N) is 1. The van der Waals surface area contributed by atoms with Crippen LogP contribution in [0.1, 0.15) is 76.4 Å². The number of urea groups is 1. The Morgan fingerprint density at radius 1 is 1.09 bits per heavy atom. The number of carbonyl (C=O) groups is 1. The average molecular weight is 474 g/mol. The predicted molar refractivity (Wildman–Crippen MR) is 138 cm³/mol. The number of hydrogen-bond donors (Lipinski definition) is 2. The zero-order valence-corrected chi connectivity index (χ0v) is 21.5. The van der Waals surface area contributed by atoms with Gasteiger partial charge in [-0.3, -0.25) is 0 Å². The second-order valence-electron chi connectivity index (χ2n) is 10.0. The van der Waals surface area contributed by atoms with Crippen LogP contribution in [-0.4, -0.2) is 63.5 Å². The van der Waals surface area contributed by atoms with Crippen LogP contribution in [0.25, 0.3) is 0 Å². The summed E-state index contributed by atoms with van der Waals surface area (Å²) in [5.74, 6) is 1.05. The quantitative estimate of drug-likeness (QED) is 0.389. The van der Waals surface area contributed by atoms with Crippen LogP contribution in [0, 0.1) is 11.8 Å². The van der Waals surface area contributed by atoms with E-state index in [0.29, 0.717) is 12.5 Å². The minimum Gasteiger partial charge on any atom is -0.382 e. The average Bonchev–Trinajstić information content (AvgIpc) is 2.87. The predicted octanol–water partition coefficient (Wildman–Crippen LogP) is 5.15. The Morgan fingerprint density at radius 2 is 1.88 bits per heavy atom. The van der Waals surface area contributed by atoms with Gasteiger partial charge in [0.25, 0.3) is 0 Å². The van der Waals surface area contributed by atoms with Crippen molar-refractivity contribution in [3.8, 4) is 0 Å². The van der Waals surface area contributed by atoms with Crippen molar-refractivity contribution in [1.29, 1.82) is 0 Å². The molecule has 3 atom stereocenters. The summed E-state index contributed by atoms with van der Waals surface area (Å²) >= 11 is 0. The fourth-order valence-electron chi connectivity index (χ4n) is 5.64. The summed E-state index contributed by atoms with van der Waals surface area (Å²) < 4.78 is 11.9. The molecule has 0 spiro atoms. The molecule has 0 radical (unpaired) electrons. The molecule has 34 heavy (non-hydrogen) atoms. The maximum atomic E-state index is 13.3. The Labute approximate surface area is 207 Å². The lowest BCUT2D eigenvalue weighted by Crippen LogP contribution is -2.52. The lowest BCUT2D eigenvalue weighted by molar-refractivity contribution is -0.0184. The molecule has 1 aromatic carbocycles. The number of carbonyl (C=O) groups excluding carboxylic acids is 1. The molecule has 0 bridgehead atoms. The van der Waals surface area contributed by atoms with Gasteiger partial charge in [-0.15, -0.1) is 0 Å². The van der Waals surface area contributed by atoms with Gasteiger partial charge in [0.15, 0.2) is 0 Å². The monoisotopic (exact) mass is 473 g/mol. The van der Waals surface area contributed by atoms with Gasteiger partial charge in [0.05, 0.1) is 6.10 Å². The van der Waals surface area contributed by atoms with E-state index in [0.717, 1.165) is 64.4 Å². The molecule has 2 fully saturated rings. The van der Waals surface area contributed by atoms with Gasteiger partial charge in [-0.25, -0.2) is 4.79 Å². The number of rotatable bonds is 13. The van der Waals surface area contributed by atoms with Crippen LogP contribution in [0.4, 0.5) is 4.79 Å². The zero-order chi connectivity index (χ0) is 24.0. The molecule has 1 aliphatic heterocycles. The summed E-state index contributed by atoms with van der Waals surface area (Å²) in [4.78, 5) is 15.3. The fraction of sp³-hybridized carbons (Fsp3) is 0.750. The van der Waals surface area contributed by atoms with Gasteiger partial charge in [-0.2, -0.15) is 0 Å². The van der Waals surface area contributed by atoms with Crippen LogP contribution < -0.4 is 10.6 Å². The van der Waals surface area contributed by atoms with Crippen LogP contribution in [0.15, 0.2) is 30.3 Å². The zero-order valence-electron chi connectivity index (χ0n) is 21.5. The molecule has 1 unspecified atom stereocenters. The van der Waals surface area contributed by atoms with Gasteiger partial charge < -0.3 is 25.0 Å². The van der Waals surface area contributed by atoms with E-state index in [-0.39, 0.29) is 18.2 Å². The first-order chi connectivity index (χ1) is 16.7. The van der Waals surface area contributed by atoms with Crippen LogP contribution in [-0.2, 0) is 9.47 Å². The van der Waals surface area contributed by atoms with E-state index in [2.05, 4.69) is 34.9 Å². The number of hydrogen-bond acceptors (Lipinski definition) is 4. The van der Waals surface area contributed by atoms with E-state index < -0.39 is 0 Å².